The molecule has 0 fully saturated rings. The van der Waals surface area contributed by atoms with Crippen molar-refractivity contribution in [1.82, 2.24) is 4.98 Å². The van der Waals surface area contributed by atoms with Gasteiger partial charge in [0.05, 0.1) is 5.69 Å². The van der Waals surface area contributed by atoms with Gasteiger partial charge in [-0.1, -0.05) is 0 Å². The van der Waals surface area contributed by atoms with E-state index in [0.29, 0.717) is 6.07 Å². The van der Waals surface area contributed by atoms with Gasteiger partial charge >= 0.3 is 6.61 Å². The van der Waals surface area contributed by atoms with E-state index in [0.717, 1.165) is 0 Å². The van der Waals surface area contributed by atoms with Crippen LogP contribution in [0.2, 0.25) is 0 Å². The number of nitrogen functional groups attached to an aromatic ring is 1. The van der Waals surface area contributed by atoms with Crippen molar-refractivity contribution in [2.75, 3.05) is 5.73 Å². The number of ether oxygens (including phenoxy) is 1. The second kappa shape index (κ2) is 3.46. The number of hydrogen-bond acceptors (Lipinski definition) is 3. The summed E-state index contributed by atoms with van der Waals surface area (Å²) in [5, 5.41) is 0. The molecule has 0 aliphatic carbocycles. The van der Waals surface area contributed by atoms with Crippen molar-refractivity contribution >= 4 is 5.69 Å². The van der Waals surface area contributed by atoms with Gasteiger partial charge in [0, 0.05) is 6.07 Å². The molecule has 0 atom stereocenters. The topological polar surface area (TPSA) is 48.1 Å². The molecule has 1 heterocycles. The molecule has 0 aliphatic rings. The van der Waals surface area contributed by atoms with Gasteiger partial charge in [0.25, 0.3) is 5.95 Å². The number of alkyl halides is 2. The maximum absolute atomic E-state index is 12.3. The van der Waals surface area contributed by atoms with Crippen LogP contribution in [0.4, 0.5) is 23.2 Å². The molecule has 0 aliphatic heterocycles. The van der Waals surface area contributed by atoms with Gasteiger partial charge in [0.15, 0.2) is 5.82 Å². The molecule has 72 valence electrons. The fourth-order valence-corrected chi connectivity index (χ4v) is 0.644. The average molecular weight is 196 g/mol. The predicted octanol–water partition coefficient (Wildman–Crippen LogP) is 1.54. The molecule has 2 N–H and O–H groups in total. The molecule has 0 spiro atoms. The summed E-state index contributed by atoms with van der Waals surface area (Å²) in [6.45, 7) is -3.18. The van der Waals surface area contributed by atoms with Crippen LogP contribution in [0.25, 0.3) is 0 Å². The molecule has 7 heteroatoms. The van der Waals surface area contributed by atoms with Crippen LogP contribution < -0.4 is 10.5 Å². The van der Waals surface area contributed by atoms with Crippen LogP contribution in [0.15, 0.2) is 6.07 Å². The number of nitrogens with two attached hydrogens (primary N) is 1. The highest BCUT2D eigenvalue weighted by Crippen LogP contribution is 2.21. The molecular formula is C6H4F4N2O. The van der Waals surface area contributed by atoms with Gasteiger partial charge in [0.1, 0.15) is 0 Å². The molecule has 0 bridgehead atoms. The first-order valence-electron chi connectivity index (χ1n) is 3.07. The minimum absolute atomic E-state index is 0.487. The lowest BCUT2D eigenvalue weighted by Crippen LogP contribution is -2.08. The van der Waals surface area contributed by atoms with Crippen molar-refractivity contribution in [1.29, 1.82) is 0 Å². The second-order valence-corrected chi connectivity index (χ2v) is 2.03. The third-order valence-electron chi connectivity index (χ3n) is 1.13. The normalized spacial score (nSPS) is 10.5. The highest BCUT2D eigenvalue weighted by atomic mass is 19.3. The van der Waals surface area contributed by atoms with E-state index in [9.17, 15) is 17.6 Å². The van der Waals surface area contributed by atoms with Crippen LogP contribution in [0.1, 0.15) is 0 Å². The standard InChI is InChI=1S/C6H4F4N2O/c7-2-1-3(11)5(12-4(2)8)13-6(9)10/h1,6H,11H2. The molecule has 13 heavy (non-hydrogen) atoms. The van der Waals surface area contributed by atoms with Crippen molar-refractivity contribution in [3.8, 4) is 5.88 Å². The first kappa shape index (κ1) is 9.56. The fourth-order valence-electron chi connectivity index (χ4n) is 0.644. The maximum atomic E-state index is 12.3. The lowest BCUT2D eigenvalue weighted by atomic mass is 10.4. The monoisotopic (exact) mass is 196 g/mol. The molecule has 0 radical (unpaired) electrons. The van der Waals surface area contributed by atoms with E-state index in [1.807, 2.05) is 0 Å². The van der Waals surface area contributed by atoms with Gasteiger partial charge in [-0.15, -0.1) is 0 Å². The van der Waals surface area contributed by atoms with E-state index in [4.69, 9.17) is 5.73 Å². The molecular weight excluding hydrogens is 192 g/mol. The SMILES string of the molecule is Nc1cc(F)c(F)nc1OC(F)F. The Morgan fingerprint density at radius 1 is 1.38 bits per heavy atom. The van der Waals surface area contributed by atoms with Gasteiger partial charge in [0.2, 0.25) is 5.88 Å². The van der Waals surface area contributed by atoms with Gasteiger partial charge in [-0.3, -0.25) is 0 Å². The summed E-state index contributed by atoms with van der Waals surface area (Å²) >= 11 is 0. The zero-order chi connectivity index (χ0) is 10.0. The Hall–Kier alpha value is -1.53. The predicted molar refractivity (Wildman–Crippen MR) is 35.2 cm³/mol. The number of rotatable bonds is 2. The first-order valence-corrected chi connectivity index (χ1v) is 3.07. The zero-order valence-corrected chi connectivity index (χ0v) is 6.10. The summed E-state index contributed by atoms with van der Waals surface area (Å²) in [6, 6.07) is 0.514. The molecule has 1 aromatic heterocycles. The first-order chi connectivity index (χ1) is 6.00. The lowest BCUT2D eigenvalue weighted by molar-refractivity contribution is -0.0528. The zero-order valence-electron chi connectivity index (χ0n) is 6.10. The van der Waals surface area contributed by atoms with Crippen LogP contribution in [-0.4, -0.2) is 11.6 Å². The Labute approximate surface area is 70.1 Å². The smallest absolute Gasteiger partial charge is 0.388 e. The average Bonchev–Trinajstić information content (AvgIpc) is 1.99. The van der Waals surface area contributed by atoms with Crippen LogP contribution in [-0.2, 0) is 0 Å². The van der Waals surface area contributed by atoms with Crippen LogP contribution >= 0.6 is 0 Å². The number of pyridine rings is 1. The third-order valence-corrected chi connectivity index (χ3v) is 1.13. The number of nitrogens with zero attached hydrogens (tertiary/aromatic N) is 1. The molecule has 0 saturated carbocycles. The van der Waals surface area contributed by atoms with Crippen molar-refractivity contribution in [2.24, 2.45) is 0 Å². The van der Waals surface area contributed by atoms with Gasteiger partial charge < -0.3 is 10.5 Å². The lowest BCUT2D eigenvalue weighted by Gasteiger charge is -2.05. The fraction of sp³-hybridized carbons (Fsp3) is 0.167. The van der Waals surface area contributed by atoms with Crippen molar-refractivity contribution in [3.63, 3.8) is 0 Å². The van der Waals surface area contributed by atoms with E-state index in [1.54, 1.807) is 0 Å². The summed E-state index contributed by atoms with van der Waals surface area (Å²) < 4.78 is 51.6. The number of halogens is 4. The van der Waals surface area contributed by atoms with Gasteiger partial charge in [-0.2, -0.15) is 18.2 Å². The summed E-state index contributed by atoms with van der Waals surface area (Å²) in [5.41, 5.74) is 4.52. The van der Waals surface area contributed by atoms with E-state index in [-0.39, 0.29) is 0 Å². The molecule has 0 saturated heterocycles. The third kappa shape index (κ3) is 2.20. The maximum Gasteiger partial charge on any atom is 0.388 e. The van der Waals surface area contributed by atoms with E-state index in [1.165, 1.54) is 0 Å². The summed E-state index contributed by atoms with van der Waals surface area (Å²) in [6.07, 6.45) is 0. The number of anilines is 1. The molecule has 1 aromatic rings. The molecule has 0 unspecified atom stereocenters. The Balaban J connectivity index is 3.01. The highest BCUT2D eigenvalue weighted by Gasteiger charge is 2.13. The highest BCUT2D eigenvalue weighted by molar-refractivity contribution is 5.47. The van der Waals surface area contributed by atoms with Crippen molar-refractivity contribution in [3.05, 3.63) is 17.8 Å². The van der Waals surface area contributed by atoms with Crippen LogP contribution in [0, 0.1) is 11.8 Å². The summed E-state index contributed by atoms with van der Waals surface area (Å²) in [4.78, 5) is 2.74. The summed E-state index contributed by atoms with van der Waals surface area (Å²) in [7, 11) is 0. The van der Waals surface area contributed by atoms with Gasteiger partial charge in [-0.25, -0.2) is 4.39 Å². The second-order valence-electron chi connectivity index (χ2n) is 2.03. The summed E-state index contributed by atoms with van der Waals surface area (Å²) in [5.74, 6) is -3.68. The largest absolute Gasteiger partial charge is 0.415 e. The molecule has 0 aromatic carbocycles. The van der Waals surface area contributed by atoms with E-state index < -0.39 is 29.9 Å². The number of hydrogen-bond donors (Lipinski definition) is 1. The van der Waals surface area contributed by atoms with Gasteiger partial charge in [-0.05, 0) is 0 Å². The van der Waals surface area contributed by atoms with E-state index in [2.05, 4.69) is 9.72 Å². The Morgan fingerprint density at radius 3 is 2.54 bits per heavy atom. The Bertz CT molecular complexity index is 318. The van der Waals surface area contributed by atoms with Crippen molar-refractivity contribution < 1.29 is 22.3 Å². The minimum Gasteiger partial charge on any atom is -0.415 e. The Kier molecular flexibility index (Phi) is 2.54. The van der Waals surface area contributed by atoms with Crippen molar-refractivity contribution in [2.45, 2.75) is 6.61 Å². The molecule has 1 rings (SSSR count). The van der Waals surface area contributed by atoms with Crippen LogP contribution in [0.5, 0.6) is 5.88 Å². The number of aromatic nitrogens is 1. The minimum atomic E-state index is -3.18. The van der Waals surface area contributed by atoms with E-state index >= 15 is 0 Å². The quantitative estimate of drug-likeness (QED) is 0.576. The Morgan fingerprint density at radius 2 is 2.00 bits per heavy atom. The molecule has 3 nitrogen and oxygen atoms in total. The van der Waals surface area contributed by atoms with Crippen LogP contribution in [0.3, 0.4) is 0 Å². The molecule has 0 amide bonds.